The van der Waals surface area contributed by atoms with Gasteiger partial charge in [-0.2, -0.15) is 0 Å². The van der Waals surface area contributed by atoms with E-state index in [9.17, 15) is 0 Å². The molecule has 1 fully saturated rings. The standard InChI is InChI=1S/C16H25ClN2O.ClH/c1-2-20-16-6-5-13(10-15(16)17)7-9-19-8-3-4-14(11-18)12-19;/h5-6,10,14H,2-4,7-9,11-12,18H2,1H3;1H/t14-;/m0./s1. The predicted molar refractivity (Wildman–Crippen MR) is 91.8 cm³/mol. The van der Waals surface area contributed by atoms with Gasteiger partial charge in [0.2, 0.25) is 0 Å². The average molecular weight is 333 g/mol. The molecule has 0 spiro atoms. The van der Waals surface area contributed by atoms with Crippen molar-refractivity contribution in [1.29, 1.82) is 0 Å². The second-order valence-electron chi connectivity index (χ2n) is 5.49. The fraction of sp³-hybridized carbons (Fsp3) is 0.625. The number of halogens is 2. The summed E-state index contributed by atoms with van der Waals surface area (Å²) in [5.41, 5.74) is 7.05. The lowest BCUT2D eigenvalue weighted by Gasteiger charge is -2.32. The number of benzene rings is 1. The first-order valence-electron chi connectivity index (χ1n) is 7.56. The number of hydrogen-bond acceptors (Lipinski definition) is 3. The van der Waals surface area contributed by atoms with Crippen LogP contribution in [0.1, 0.15) is 25.3 Å². The highest BCUT2D eigenvalue weighted by atomic mass is 35.5. The van der Waals surface area contributed by atoms with Crippen molar-refractivity contribution in [3.05, 3.63) is 28.8 Å². The largest absolute Gasteiger partial charge is 0.492 e. The zero-order valence-electron chi connectivity index (χ0n) is 12.7. The molecule has 21 heavy (non-hydrogen) atoms. The van der Waals surface area contributed by atoms with Crippen molar-refractivity contribution in [2.45, 2.75) is 26.2 Å². The van der Waals surface area contributed by atoms with Crippen molar-refractivity contribution in [2.75, 3.05) is 32.8 Å². The molecule has 2 rings (SSSR count). The molecule has 2 N–H and O–H groups in total. The molecule has 3 nitrogen and oxygen atoms in total. The van der Waals surface area contributed by atoms with Gasteiger partial charge in [0.15, 0.2) is 0 Å². The van der Waals surface area contributed by atoms with Crippen LogP contribution in [0.15, 0.2) is 18.2 Å². The van der Waals surface area contributed by atoms with Crippen molar-refractivity contribution in [2.24, 2.45) is 11.7 Å². The number of likely N-dealkylation sites (tertiary alicyclic amines) is 1. The summed E-state index contributed by atoms with van der Waals surface area (Å²) in [6.07, 6.45) is 3.58. The van der Waals surface area contributed by atoms with Crippen LogP contribution < -0.4 is 10.5 Å². The molecule has 1 atom stereocenters. The van der Waals surface area contributed by atoms with Crippen molar-refractivity contribution >= 4 is 24.0 Å². The van der Waals surface area contributed by atoms with E-state index in [0.717, 1.165) is 31.8 Å². The van der Waals surface area contributed by atoms with Crippen LogP contribution in [-0.4, -0.2) is 37.7 Å². The minimum Gasteiger partial charge on any atom is -0.492 e. The molecule has 0 aromatic heterocycles. The topological polar surface area (TPSA) is 38.5 Å². The quantitative estimate of drug-likeness (QED) is 0.867. The van der Waals surface area contributed by atoms with Crippen molar-refractivity contribution in [3.63, 3.8) is 0 Å². The summed E-state index contributed by atoms with van der Waals surface area (Å²) in [5.74, 6) is 1.45. The molecule has 120 valence electrons. The Balaban J connectivity index is 0.00000220. The maximum Gasteiger partial charge on any atom is 0.137 e. The maximum atomic E-state index is 6.22. The zero-order valence-corrected chi connectivity index (χ0v) is 14.3. The lowest BCUT2D eigenvalue weighted by Crippen LogP contribution is -2.39. The minimum absolute atomic E-state index is 0. The van der Waals surface area contributed by atoms with Crippen molar-refractivity contribution < 1.29 is 4.74 Å². The van der Waals surface area contributed by atoms with E-state index in [1.807, 2.05) is 19.1 Å². The van der Waals surface area contributed by atoms with Gasteiger partial charge in [0.25, 0.3) is 0 Å². The van der Waals surface area contributed by atoms with E-state index < -0.39 is 0 Å². The Morgan fingerprint density at radius 2 is 2.24 bits per heavy atom. The van der Waals surface area contributed by atoms with Gasteiger partial charge in [0.1, 0.15) is 5.75 Å². The Morgan fingerprint density at radius 3 is 2.90 bits per heavy atom. The smallest absolute Gasteiger partial charge is 0.137 e. The fourth-order valence-electron chi connectivity index (χ4n) is 2.81. The van der Waals surface area contributed by atoms with Crippen LogP contribution in [0.5, 0.6) is 5.75 Å². The summed E-state index contributed by atoms with van der Waals surface area (Å²) in [6.45, 7) is 6.84. The molecule has 0 aliphatic carbocycles. The van der Waals surface area contributed by atoms with Crippen LogP contribution in [0.2, 0.25) is 5.02 Å². The first-order valence-corrected chi connectivity index (χ1v) is 7.94. The van der Waals surface area contributed by atoms with Crippen LogP contribution in [-0.2, 0) is 6.42 Å². The van der Waals surface area contributed by atoms with E-state index >= 15 is 0 Å². The highest BCUT2D eigenvalue weighted by molar-refractivity contribution is 6.32. The number of ether oxygens (including phenoxy) is 1. The Bertz CT molecular complexity index is 429. The van der Waals surface area contributed by atoms with Crippen molar-refractivity contribution in [1.82, 2.24) is 4.90 Å². The Kier molecular flexibility index (Phi) is 8.42. The molecule has 0 saturated carbocycles. The maximum absolute atomic E-state index is 6.22. The van der Waals surface area contributed by atoms with Crippen LogP contribution in [0.4, 0.5) is 0 Å². The molecule has 1 aliphatic heterocycles. The van der Waals surface area contributed by atoms with E-state index in [1.54, 1.807) is 0 Å². The average Bonchev–Trinajstić information content (AvgIpc) is 2.48. The summed E-state index contributed by atoms with van der Waals surface area (Å²) >= 11 is 6.22. The molecule has 1 aromatic rings. The molecule has 0 amide bonds. The zero-order chi connectivity index (χ0) is 14.4. The van der Waals surface area contributed by atoms with Gasteiger partial charge in [-0.3, -0.25) is 0 Å². The van der Waals surface area contributed by atoms with E-state index in [1.165, 1.54) is 24.9 Å². The van der Waals surface area contributed by atoms with E-state index in [4.69, 9.17) is 22.1 Å². The molecule has 0 unspecified atom stereocenters. The third-order valence-electron chi connectivity index (χ3n) is 3.95. The van der Waals surface area contributed by atoms with Crippen LogP contribution in [0, 0.1) is 5.92 Å². The molecule has 5 heteroatoms. The normalized spacial score (nSPS) is 19.1. The number of piperidine rings is 1. The lowest BCUT2D eigenvalue weighted by atomic mass is 9.98. The second kappa shape index (κ2) is 9.52. The van der Waals surface area contributed by atoms with E-state index in [-0.39, 0.29) is 12.4 Å². The van der Waals surface area contributed by atoms with Gasteiger partial charge in [-0.1, -0.05) is 17.7 Å². The van der Waals surface area contributed by atoms with Crippen LogP contribution in [0.25, 0.3) is 0 Å². The summed E-state index contributed by atoms with van der Waals surface area (Å²) in [6, 6.07) is 6.11. The molecular weight excluding hydrogens is 307 g/mol. The SMILES string of the molecule is CCOc1ccc(CCN2CCC[C@@H](CN)C2)cc1Cl.Cl. The first-order chi connectivity index (χ1) is 9.72. The number of hydrogen-bond donors (Lipinski definition) is 1. The molecule has 1 heterocycles. The monoisotopic (exact) mass is 332 g/mol. The Morgan fingerprint density at radius 1 is 1.43 bits per heavy atom. The van der Waals surface area contributed by atoms with Gasteiger partial charge in [-0.15, -0.1) is 12.4 Å². The van der Waals surface area contributed by atoms with E-state index in [0.29, 0.717) is 17.5 Å². The highest BCUT2D eigenvalue weighted by Crippen LogP contribution is 2.26. The highest BCUT2D eigenvalue weighted by Gasteiger charge is 2.18. The van der Waals surface area contributed by atoms with Gasteiger partial charge in [-0.05, 0) is 62.9 Å². The van der Waals surface area contributed by atoms with Gasteiger partial charge in [0, 0.05) is 13.1 Å². The van der Waals surface area contributed by atoms with E-state index in [2.05, 4.69) is 11.0 Å². The van der Waals surface area contributed by atoms with Crippen LogP contribution >= 0.6 is 24.0 Å². The summed E-state index contributed by atoms with van der Waals surface area (Å²) in [5, 5.41) is 0.711. The third kappa shape index (κ3) is 5.67. The molecule has 0 radical (unpaired) electrons. The minimum atomic E-state index is 0. The predicted octanol–water partition coefficient (Wildman–Crippen LogP) is 3.37. The summed E-state index contributed by atoms with van der Waals surface area (Å²) in [7, 11) is 0. The summed E-state index contributed by atoms with van der Waals surface area (Å²) < 4.78 is 5.46. The molecular formula is C16H26Cl2N2O. The Labute approximate surface area is 139 Å². The molecule has 1 saturated heterocycles. The first kappa shape index (κ1) is 18.6. The second-order valence-corrected chi connectivity index (χ2v) is 5.90. The fourth-order valence-corrected chi connectivity index (χ4v) is 3.06. The van der Waals surface area contributed by atoms with Gasteiger partial charge in [-0.25, -0.2) is 0 Å². The number of nitrogens with zero attached hydrogens (tertiary/aromatic N) is 1. The number of nitrogens with two attached hydrogens (primary N) is 1. The van der Waals surface area contributed by atoms with Gasteiger partial charge in [0.05, 0.1) is 11.6 Å². The summed E-state index contributed by atoms with van der Waals surface area (Å²) in [4.78, 5) is 2.52. The van der Waals surface area contributed by atoms with Crippen LogP contribution in [0.3, 0.4) is 0 Å². The van der Waals surface area contributed by atoms with Crippen molar-refractivity contribution in [3.8, 4) is 5.75 Å². The third-order valence-corrected chi connectivity index (χ3v) is 4.24. The Hall–Kier alpha value is -0.480. The lowest BCUT2D eigenvalue weighted by molar-refractivity contribution is 0.180. The number of rotatable bonds is 6. The molecule has 0 bridgehead atoms. The molecule has 1 aliphatic rings. The van der Waals surface area contributed by atoms with Gasteiger partial charge >= 0.3 is 0 Å². The van der Waals surface area contributed by atoms with Gasteiger partial charge < -0.3 is 15.4 Å². The molecule has 1 aromatic carbocycles.